The van der Waals surface area contributed by atoms with Crippen LogP contribution in [0.5, 0.6) is 0 Å². The lowest BCUT2D eigenvalue weighted by Crippen LogP contribution is -2.41. The molecule has 108 valence electrons. The summed E-state index contributed by atoms with van der Waals surface area (Å²) in [5.74, 6) is -0.0466. The molecule has 1 saturated heterocycles. The van der Waals surface area contributed by atoms with E-state index < -0.39 is 6.10 Å². The van der Waals surface area contributed by atoms with E-state index >= 15 is 0 Å². The van der Waals surface area contributed by atoms with Crippen molar-refractivity contribution in [2.24, 2.45) is 0 Å². The number of nitrogens with zero attached hydrogens (tertiary/aromatic N) is 2. The molecule has 0 aliphatic carbocycles. The number of fused-ring (bicyclic) bond motifs is 1. The minimum atomic E-state index is -0.391. The molecule has 4 nitrogen and oxygen atoms in total. The van der Waals surface area contributed by atoms with Gasteiger partial charge >= 0.3 is 0 Å². The highest BCUT2D eigenvalue weighted by Gasteiger charge is 2.20. The largest absolute Gasteiger partial charge is 0.391 e. The Morgan fingerprint density at radius 1 is 1.33 bits per heavy atom. The summed E-state index contributed by atoms with van der Waals surface area (Å²) in [7, 11) is 0. The van der Waals surface area contributed by atoms with Gasteiger partial charge in [-0.3, -0.25) is 9.78 Å². The lowest BCUT2D eigenvalue weighted by atomic mass is 10.1. The third-order valence-corrected chi connectivity index (χ3v) is 3.80. The normalized spacial score (nSPS) is 19.3. The van der Waals surface area contributed by atoms with Crippen LogP contribution >= 0.6 is 0 Å². The Kier molecular flexibility index (Phi) is 3.97. The molecule has 3 rings (SSSR count). The van der Waals surface area contributed by atoms with Gasteiger partial charge in [0.15, 0.2) is 0 Å². The molecule has 0 radical (unpaired) electrons. The average molecular weight is 282 g/mol. The number of likely N-dealkylation sites (tertiary alicyclic amines) is 1. The van der Waals surface area contributed by atoms with Crippen molar-refractivity contribution >= 4 is 22.9 Å². The number of aromatic nitrogens is 1. The Morgan fingerprint density at radius 3 is 3.05 bits per heavy atom. The SMILES string of the molecule is O=C(C=Cc1ccnc2ccccc12)N1CCCC(O)C1. The number of para-hydroxylation sites is 1. The number of rotatable bonds is 2. The number of hydrogen-bond donors (Lipinski definition) is 1. The number of benzene rings is 1. The first-order valence-electron chi connectivity index (χ1n) is 7.23. The van der Waals surface area contributed by atoms with Gasteiger partial charge in [-0.05, 0) is 36.6 Å². The fourth-order valence-electron chi connectivity index (χ4n) is 2.68. The molecule has 21 heavy (non-hydrogen) atoms. The Balaban J connectivity index is 1.80. The maximum atomic E-state index is 12.2. The van der Waals surface area contributed by atoms with Crippen LogP contribution in [-0.4, -0.2) is 40.1 Å². The molecule has 1 N–H and O–H groups in total. The number of aliphatic hydroxyl groups is 1. The van der Waals surface area contributed by atoms with E-state index in [1.54, 1.807) is 17.2 Å². The van der Waals surface area contributed by atoms with Gasteiger partial charge in [0, 0.05) is 30.7 Å². The predicted octanol–water partition coefficient (Wildman–Crippen LogP) is 2.23. The zero-order valence-corrected chi connectivity index (χ0v) is 11.8. The Hall–Kier alpha value is -2.20. The molecule has 1 aromatic carbocycles. The number of pyridine rings is 1. The fourth-order valence-corrected chi connectivity index (χ4v) is 2.68. The number of piperidine rings is 1. The predicted molar refractivity (Wildman–Crippen MR) is 82.6 cm³/mol. The van der Waals surface area contributed by atoms with Crippen LogP contribution in [0.4, 0.5) is 0 Å². The Labute approximate surface area is 123 Å². The van der Waals surface area contributed by atoms with E-state index in [9.17, 15) is 9.90 Å². The first-order valence-corrected chi connectivity index (χ1v) is 7.23. The van der Waals surface area contributed by atoms with Gasteiger partial charge in [-0.25, -0.2) is 0 Å². The molecule has 1 aliphatic heterocycles. The monoisotopic (exact) mass is 282 g/mol. The maximum absolute atomic E-state index is 12.2. The average Bonchev–Trinajstić information content (AvgIpc) is 2.52. The van der Waals surface area contributed by atoms with Crippen molar-refractivity contribution in [1.29, 1.82) is 0 Å². The Morgan fingerprint density at radius 2 is 2.19 bits per heavy atom. The highest BCUT2D eigenvalue weighted by Crippen LogP contribution is 2.18. The second-order valence-electron chi connectivity index (χ2n) is 5.33. The summed E-state index contributed by atoms with van der Waals surface area (Å²) in [6.07, 6.45) is 6.41. The van der Waals surface area contributed by atoms with Crippen molar-refractivity contribution < 1.29 is 9.90 Å². The molecule has 2 heterocycles. The molecule has 1 amide bonds. The van der Waals surface area contributed by atoms with Gasteiger partial charge in [0.1, 0.15) is 0 Å². The molecule has 2 aromatic rings. The molecule has 0 bridgehead atoms. The number of carbonyl (C=O) groups is 1. The lowest BCUT2D eigenvalue weighted by Gasteiger charge is -2.29. The maximum Gasteiger partial charge on any atom is 0.246 e. The molecule has 1 aromatic heterocycles. The second kappa shape index (κ2) is 6.06. The standard InChI is InChI=1S/C17H18N2O2/c20-14-4-3-11-19(12-14)17(21)8-7-13-9-10-18-16-6-2-1-5-15(13)16/h1-2,5-10,14,20H,3-4,11-12H2. The van der Waals surface area contributed by atoms with Gasteiger partial charge in [0.25, 0.3) is 0 Å². The molecular formula is C17H18N2O2. The quantitative estimate of drug-likeness (QED) is 0.859. The zero-order chi connectivity index (χ0) is 14.7. The molecule has 0 saturated carbocycles. The van der Waals surface area contributed by atoms with Crippen molar-refractivity contribution in [3.63, 3.8) is 0 Å². The second-order valence-corrected chi connectivity index (χ2v) is 5.33. The summed E-state index contributed by atoms with van der Waals surface area (Å²) in [5.41, 5.74) is 1.90. The number of β-amino-alcohol motifs (C(OH)–C–C–N with tert-alkyl or cyclic N) is 1. The van der Waals surface area contributed by atoms with Gasteiger partial charge in [-0.1, -0.05) is 18.2 Å². The van der Waals surface area contributed by atoms with Crippen LogP contribution in [0.25, 0.3) is 17.0 Å². The topological polar surface area (TPSA) is 53.4 Å². The van der Waals surface area contributed by atoms with E-state index in [1.807, 2.05) is 36.4 Å². The van der Waals surface area contributed by atoms with E-state index in [0.717, 1.165) is 35.9 Å². The number of amides is 1. The van der Waals surface area contributed by atoms with E-state index in [2.05, 4.69) is 4.98 Å². The van der Waals surface area contributed by atoms with Crippen molar-refractivity contribution in [1.82, 2.24) is 9.88 Å². The van der Waals surface area contributed by atoms with E-state index in [0.29, 0.717) is 6.54 Å². The van der Waals surface area contributed by atoms with Crippen LogP contribution in [-0.2, 0) is 4.79 Å². The summed E-state index contributed by atoms with van der Waals surface area (Å²) < 4.78 is 0. The highest BCUT2D eigenvalue weighted by molar-refractivity contribution is 5.95. The van der Waals surface area contributed by atoms with Crippen LogP contribution in [0.1, 0.15) is 18.4 Å². The molecule has 1 fully saturated rings. The summed E-state index contributed by atoms with van der Waals surface area (Å²) in [6, 6.07) is 9.76. The summed E-state index contributed by atoms with van der Waals surface area (Å²) >= 11 is 0. The summed E-state index contributed by atoms with van der Waals surface area (Å²) in [6.45, 7) is 1.15. The molecule has 4 heteroatoms. The van der Waals surface area contributed by atoms with Crippen LogP contribution in [0.2, 0.25) is 0 Å². The summed E-state index contributed by atoms with van der Waals surface area (Å²) in [5, 5.41) is 10.7. The van der Waals surface area contributed by atoms with E-state index in [4.69, 9.17) is 0 Å². The van der Waals surface area contributed by atoms with Gasteiger partial charge in [-0.15, -0.1) is 0 Å². The summed E-state index contributed by atoms with van der Waals surface area (Å²) in [4.78, 5) is 18.2. The van der Waals surface area contributed by atoms with Gasteiger partial charge in [-0.2, -0.15) is 0 Å². The first-order chi connectivity index (χ1) is 10.2. The third kappa shape index (κ3) is 3.11. The van der Waals surface area contributed by atoms with E-state index in [-0.39, 0.29) is 5.91 Å². The molecule has 1 unspecified atom stereocenters. The fraction of sp³-hybridized carbons (Fsp3) is 0.294. The first kappa shape index (κ1) is 13.8. The lowest BCUT2D eigenvalue weighted by molar-refractivity contribution is -0.128. The molecule has 1 atom stereocenters. The Bertz CT molecular complexity index is 676. The van der Waals surface area contributed by atoms with Gasteiger partial charge in [0.05, 0.1) is 11.6 Å². The molecule has 0 spiro atoms. The van der Waals surface area contributed by atoms with Crippen LogP contribution < -0.4 is 0 Å². The smallest absolute Gasteiger partial charge is 0.246 e. The minimum Gasteiger partial charge on any atom is -0.391 e. The number of hydrogen-bond acceptors (Lipinski definition) is 3. The van der Waals surface area contributed by atoms with Crippen molar-refractivity contribution in [3.8, 4) is 0 Å². The van der Waals surface area contributed by atoms with Crippen LogP contribution in [0, 0.1) is 0 Å². The molecular weight excluding hydrogens is 264 g/mol. The zero-order valence-electron chi connectivity index (χ0n) is 11.8. The van der Waals surface area contributed by atoms with Crippen molar-refractivity contribution in [3.05, 3.63) is 48.2 Å². The minimum absolute atomic E-state index is 0.0466. The van der Waals surface area contributed by atoms with E-state index in [1.165, 1.54) is 0 Å². The van der Waals surface area contributed by atoms with Crippen LogP contribution in [0.15, 0.2) is 42.6 Å². The highest BCUT2D eigenvalue weighted by atomic mass is 16.3. The van der Waals surface area contributed by atoms with Gasteiger partial charge < -0.3 is 10.0 Å². The number of aliphatic hydroxyl groups excluding tert-OH is 1. The number of carbonyl (C=O) groups excluding carboxylic acids is 1. The molecule has 1 aliphatic rings. The van der Waals surface area contributed by atoms with Crippen LogP contribution in [0.3, 0.4) is 0 Å². The third-order valence-electron chi connectivity index (χ3n) is 3.80. The van der Waals surface area contributed by atoms with Crippen molar-refractivity contribution in [2.75, 3.05) is 13.1 Å². The van der Waals surface area contributed by atoms with Gasteiger partial charge in [0.2, 0.25) is 5.91 Å². The van der Waals surface area contributed by atoms with Crippen molar-refractivity contribution in [2.45, 2.75) is 18.9 Å².